The fraction of sp³-hybridized carbons (Fsp3) is 0.533. The molecule has 2 N–H and O–H groups in total. The smallest absolute Gasteiger partial charge is 0.191 e. The summed E-state index contributed by atoms with van der Waals surface area (Å²) in [5.41, 5.74) is 0. The molecule has 138 valence electrons. The van der Waals surface area contributed by atoms with Gasteiger partial charge in [0, 0.05) is 24.9 Å². The summed E-state index contributed by atoms with van der Waals surface area (Å²) < 4.78 is 37.9. The maximum absolute atomic E-state index is 13.6. The van der Waals surface area contributed by atoms with Gasteiger partial charge in [0.15, 0.2) is 15.8 Å². The van der Waals surface area contributed by atoms with Crippen LogP contribution < -0.4 is 10.6 Å². The molecule has 0 radical (unpaired) electrons. The van der Waals surface area contributed by atoms with E-state index >= 15 is 0 Å². The van der Waals surface area contributed by atoms with E-state index in [4.69, 9.17) is 0 Å². The molecule has 0 unspecified atom stereocenters. The minimum atomic E-state index is -3.67. The summed E-state index contributed by atoms with van der Waals surface area (Å²) in [6.07, 6.45) is 2.03. The number of rotatable bonds is 7. The third-order valence-electron chi connectivity index (χ3n) is 3.29. The van der Waals surface area contributed by atoms with Gasteiger partial charge in [-0.25, -0.2) is 12.8 Å². The van der Waals surface area contributed by atoms with Gasteiger partial charge in [0.25, 0.3) is 0 Å². The monoisotopic (exact) mass is 489 g/mol. The van der Waals surface area contributed by atoms with Gasteiger partial charge in [0.1, 0.15) is 10.7 Å². The maximum Gasteiger partial charge on any atom is 0.191 e. The predicted molar refractivity (Wildman–Crippen MR) is 111 cm³/mol. The van der Waals surface area contributed by atoms with E-state index < -0.39 is 15.7 Å². The average molecular weight is 489 g/mol. The SMILES string of the molecule is CN=C(NCCS(=O)(=O)c1ccccc1F)NCC(C)(C)SC.I. The number of nitrogens with one attached hydrogen (secondary N) is 2. The molecule has 1 aromatic carbocycles. The molecule has 0 heterocycles. The Kier molecular flexibility index (Phi) is 10.2. The predicted octanol–water partition coefficient (Wildman–Crippen LogP) is 2.52. The van der Waals surface area contributed by atoms with Crippen molar-refractivity contribution in [2.45, 2.75) is 23.5 Å². The van der Waals surface area contributed by atoms with Crippen molar-refractivity contribution in [3.05, 3.63) is 30.1 Å². The number of sulfone groups is 1. The van der Waals surface area contributed by atoms with Gasteiger partial charge >= 0.3 is 0 Å². The molecule has 1 aromatic rings. The number of thioether (sulfide) groups is 1. The van der Waals surface area contributed by atoms with Crippen molar-refractivity contribution < 1.29 is 12.8 Å². The Morgan fingerprint density at radius 2 is 1.92 bits per heavy atom. The summed E-state index contributed by atoms with van der Waals surface area (Å²) >= 11 is 1.72. The van der Waals surface area contributed by atoms with Crippen LogP contribution in [0.25, 0.3) is 0 Å². The van der Waals surface area contributed by atoms with Crippen LogP contribution in [0.5, 0.6) is 0 Å². The summed E-state index contributed by atoms with van der Waals surface area (Å²) in [6.45, 7) is 5.03. The molecule has 0 saturated heterocycles. The van der Waals surface area contributed by atoms with Crippen molar-refractivity contribution in [3.8, 4) is 0 Å². The average Bonchev–Trinajstić information content (AvgIpc) is 2.50. The molecule has 0 aromatic heterocycles. The van der Waals surface area contributed by atoms with E-state index in [1.54, 1.807) is 18.8 Å². The highest BCUT2D eigenvalue weighted by molar-refractivity contribution is 14.0. The third kappa shape index (κ3) is 7.56. The first-order valence-corrected chi connectivity index (χ1v) is 10.1. The van der Waals surface area contributed by atoms with Crippen molar-refractivity contribution in [1.82, 2.24) is 10.6 Å². The number of hydrogen-bond donors (Lipinski definition) is 2. The lowest BCUT2D eigenvalue weighted by Gasteiger charge is -2.23. The number of guanidine groups is 1. The normalized spacial score (nSPS) is 12.5. The van der Waals surface area contributed by atoms with Crippen molar-refractivity contribution in [2.24, 2.45) is 4.99 Å². The van der Waals surface area contributed by atoms with E-state index in [-0.39, 0.29) is 45.9 Å². The molecule has 9 heteroatoms. The highest BCUT2D eigenvalue weighted by Gasteiger charge is 2.19. The Hall–Kier alpha value is -0.550. The molecule has 1 rings (SSSR count). The van der Waals surface area contributed by atoms with Crippen molar-refractivity contribution >= 4 is 51.5 Å². The zero-order valence-electron chi connectivity index (χ0n) is 14.3. The lowest BCUT2D eigenvalue weighted by molar-refractivity contribution is 0.566. The Morgan fingerprint density at radius 3 is 2.46 bits per heavy atom. The zero-order valence-corrected chi connectivity index (χ0v) is 18.3. The van der Waals surface area contributed by atoms with Crippen LogP contribution in [-0.4, -0.2) is 51.3 Å². The molecular formula is C15H25FIN3O2S2. The van der Waals surface area contributed by atoms with Crippen LogP contribution in [0, 0.1) is 5.82 Å². The number of aliphatic imine (C=N–C) groups is 1. The molecule has 0 spiro atoms. The van der Waals surface area contributed by atoms with Gasteiger partial charge in [-0.2, -0.15) is 11.8 Å². The Morgan fingerprint density at radius 1 is 1.29 bits per heavy atom. The topological polar surface area (TPSA) is 70.6 Å². The van der Waals surface area contributed by atoms with E-state index in [2.05, 4.69) is 29.5 Å². The molecule has 0 amide bonds. The summed E-state index contributed by atoms with van der Waals surface area (Å²) in [5, 5.41) is 6.09. The van der Waals surface area contributed by atoms with Crippen molar-refractivity contribution in [1.29, 1.82) is 0 Å². The van der Waals surface area contributed by atoms with Crippen LogP contribution in [0.2, 0.25) is 0 Å². The molecule has 5 nitrogen and oxygen atoms in total. The summed E-state index contributed by atoms with van der Waals surface area (Å²) in [7, 11) is -2.05. The highest BCUT2D eigenvalue weighted by Crippen LogP contribution is 2.19. The zero-order chi connectivity index (χ0) is 17.5. The van der Waals surface area contributed by atoms with E-state index in [9.17, 15) is 12.8 Å². The van der Waals surface area contributed by atoms with Gasteiger partial charge in [-0.1, -0.05) is 12.1 Å². The molecule has 0 aliphatic rings. The fourth-order valence-corrected chi connectivity index (χ4v) is 3.16. The number of nitrogens with zero attached hydrogens (tertiary/aromatic N) is 1. The quantitative estimate of drug-likeness (QED) is 0.350. The number of halogens is 2. The lowest BCUT2D eigenvalue weighted by Crippen LogP contribution is -2.44. The summed E-state index contributed by atoms with van der Waals surface area (Å²) in [4.78, 5) is 3.78. The van der Waals surface area contributed by atoms with Gasteiger partial charge in [0.05, 0.1) is 5.75 Å². The molecule has 0 aliphatic carbocycles. The molecule has 0 saturated carbocycles. The van der Waals surface area contributed by atoms with E-state index in [1.807, 2.05) is 6.26 Å². The second-order valence-corrected chi connectivity index (χ2v) is 9.16. The highest BCUT2D eigenvalue weighted by atomic mass is 127. The van der Waals surface area contributed by atoms with E-state index in [0.29, 0.717) is 12.5 Å². The standard InChI is InChI=1S/C15H24FN3O2S2.HI/c1-15(2,22-4)11-19-14(17-3)18-9-10-23(20,21)13-8-6-5-7-12(13)16;/h5-8H,9-11H2,1-4H3,(H2,17,18,19);1H. The Bertz CT molecular complexity index is 652. The molecule has 0 fully saturated rings. The maximum atomic E-state index is 13.6. The molecular weight excluding hydrogens is 464 g/mol. The van der Waals surface area contributed by atoms with Gasteiger partial charge in [-0.3, -0.25) is 4.99 Å². The van der Waals surface area contributed by atoms with Gasteiger partial charge in [-0.15, -0.1) is 24.0 Å². The van der Waals surface area contributed by atoms with Gasteiger partial charge in [-0.05, 0) is 32.2 Å². The van der Waals surface area contributed by atoms with Crippen LogP contribution in [0.4, 0.5) is 4.39 Å². The number of hydrogen-bond acceptors (Lipinski definition) is 4. The third-order valence-corrected chi connectivity index (χ3v) is 6.28. The van der Waals surface area contributed by atoms with Crippen molar-refractivity contribution in [2.75, 3.05) is 32.1 Å². The van der Waals surface area contributed by atoms with Crippen LogP contribution >= 0.6 is 35.7 Å². The fourth-order valence-electron chi connectivity index (χ4n) is 1.70. The van der Waals surface area contributed by atoms with Crippen LogP contribution in [0.15, 0.2) is 34.2 Å². The van der Waals surface area contributed by atoms with E-state index in [1.165, 1.54) is 18.2 Å². The van der Waals surface area contributed by atoms with Crippen LogP contribution in [-0.2, 0) is 9.84 Å². The van der Waals surface area contributed by atoms with Gasteiger partial charge in [0.2, 0.25) is 0 Å². The Balaban J connectivity index is 0.00000529. The minimum Gasteiger partial charge on any atom is -0.355 e. The van der Waals surface area contributed by atoms with Crippen LogP contribution in [0.1, 0.15) is 13.8 Å². The molecule has 0 bridgehead atoms. The van der Waals surface area contributed by atoms with E-state index in [0.717, 1.165) is 6.07 Å². The first kappa shape index (κ1) is 23.4. The van der Waals surface area contributed by atoms with Crippen LogP contribution in [0.3, 0.4) is 0 Å². The summed E-state index contributed by atoms with van der Waals surface area (Å²) in [5.74, 6) is -0.409. The molecule has 0 aliphatic heterocycles. The minimum absolute atomic E-state index is 0. The summed E-state index contributed by atoms with van der Waals surface area (Å²) in [6, 6.07) is 5.39. The lowest BCUT2D eigenvalue weighted by atomic mass is 10.2. The largest absolute Gasteiger partial charge is 0.355 e. The number of benzene rings is 1. The molecule has 24 heavy (non-hydrogen) atoms. The first-order valence-electron chi connectivity index (χ1n) is 7.19. The first-order chi connectivity index (χ1) is 10.7. The van der Waals surface area contributed by atoms with Gasteiger partial charge < -0.3 is 10.6 Å². The second kappa shape index (κ2) is 10.4. The van der Waals surface area contributed by atoms with Crippen molar-refractivity contribution in [3.63, 3.8) is 0 Å². The molecule has 0 atom stereocenters. The Labute approximate surface area is 165 Å². The second-order valence-electron chi connectivity index (χ2n) is 5.57.